The van der Waals surface area contributed by atoms with Gasteiger partial charge in [0.2, 0.25) is 0 Å². The van der Waals surface area contributed by atoms with Crippen molar-refractivity contribution in [3.05, 3.63) is 35.4 Å². The van der Waals surface area contributed by atoms with Gasteiger partial charge in [0.15, 0.2) is 5.78 Å². The Morgan fingerprint density at radius 2 is 2.00 bits per heavy atom. The molecule has 0 spiro atoms. The lowest BCUT2D eigenvalue weighted by Crippen LogP contribution is -2.08. The summed E-state index contributed by atoms with van der Waals surface area (Å²) in [6.45, 7) is 4.19. The molecule has 0 saturated carbocycles. The van der Waals surface area contributed by atoms with Gasteiger partial charge in [0.05, 0.1) is 0 Å². The topological polar surface area (TPSA) is 17.1 Å². The first-order valence-electron chi connectivity index (χ1n) is 4.88. The van der Waals surface area contributed by atoms with E-state index < -0.39 is 0 Å². The van der Waals surface area contributed by atoms with E-state index in [0.717, 1.165) is 12.0 Å². The van der Waals surface area contributed by atoms with Crippen LogP contribution >= 0.6 is 0 Å². The molecular formula is C12H14O. The van der Waals surface area contributed by atoms with Crippen molar-refractivity contribution < 1.29 is 4.79 Å². The molecule has 1 aliphatic rings. The Morgan fingerprint density at radius 1 is 1.31 bits per heavy atom. The van der Waals surface area contributed by atoms with Crippen LogP contribution in [0.15, 0.2) is 24.3 Å². The Balaban J connectivity index is 2.53. The van der Waals surface area contributed by atoms with E-state index in [9.17, 15) is 4.79 Å². The van der Waals surface area contributed by atoms with Crippen LogP contribution in [0.4, 0.5) is 0 Å². The zero-order chi connectivity index (χ0) is 9.42. The predicted octanol–water partition coefficient (Wildman–Crippen LogP) is 3.01. The number of fused-ring (bicyclic) bond motifs is 1. The molecule has 0 bridgehead atoms. The van der Waals surface area contributed by atoms with Crippen LogP contribution in [0.3, 0.4) is 0 Å². The molecule has 0 fully saturated rings. The average Bonchev–Trinajstić information content (AvgIpc) is 2.41. The Labute approximate surface area is 78.8 Å². The van der Waals surface area contributed by atoms with Crippen LogP contribution in [0.1, 0.15) is 42.1 Å². The first-order valence-corrected chi connectivity index (χ1v) is 4.88. The van der Waals surface area contributed by atoms with E-state index in [1.165, 1.54) is 5.56 Å². The molecule has 0 N–H and O–H groups in total. The predicted molar refractivity (Wildman–Crippen MR) is 53.0 cm³/mol. The van der Waals surface area contributed by atoms with Crippen molar-refractivity contribution in [2.24, 2.45) is 5.92 Å². The normalized spacial score (nSPS) is 26.2. The molecule has 2 rings (SSSR count). The van der Waals surface area contributed by atoms with Crippen molar-refractivity contribution in [2.45, 2.75) is 26.2 Å². The summed E-state index contributed by atoms with van der Waals surface area (Å²) in [6, 6.07) is 8.00. The molecule has 0 unspecified atom stereocenters. The summed E-state index contributed by atoms with van der Waals surface area (Å²) in [5, 5.41) is 0. The molecule has 68 valence electrons. The lowest BCUT2D eigenvalue weighted by Gasteiger charge is -2.11. The SMILES string of the molecule is CC[C@@H]1c2ccccc2C(=O)[C@H]1C. The zero-order valence-electron chi connectivity index (χ0n) is 8.08. The van der Waals surface area contributed by atoms with Crippen LogP contribution in [0, 0.1) is 5.92 Å². The van der Waals surface area contributed by atoms with Crippen LogP contribution in [0.25, 0.3) is 0 Å². The van der Waals surface area contributed by atoms with Gasteiger partial charge in [0.1, 0.15) is 0 Å². The van der Waals surface area contributed by atoms with Crippen molar-refractivity contribution in [2.75, 3.05) is 0 Å². The summed E-state index contributed by atoms with van der Waals surface area (Å²) >= 11 is 0. The minimum atomic E-state index is 0.183. The van der Waals surface area contributed by atoms with E-state index in [-0.39, 0.29) is 5.92 Å². The van der Waals surface area contributed by atoms with E-state index in [2.05, 4.69) is 13.0 Å². The highest BCUT2D eigenvalue weighted by Crippen LogP contribution is 2.39. The van der Waals surface area contributed by atoms with Crippen molar-refractivity contribution in [1.82, 2.24) is 0 Å². The number of hydrogen-bond donors (Lipinski definition) is 0. The number of Topliss-reactive ketones (excluding diaryl/α,β-unsaturated/α-hetero) is 1. The maximum absolute atomic E-state index is 11.8. The minimum absolute atomic E-state index is 0.183. The molecule has 13 heavy (non-hydrogen) atoms. The molecule has 1 aliphatic carbocycles. The quantitative estimate of drug-likeness (QED) is 0.639. The van der Waals surface area contributed by atoms with Gasteiger partial charge in [0, 0.05) is 11.5 Å². The van der Waals surface area contributed by atoms with E-state index >= 15 is 0 Å². The summed E-state index contributed by atoms with van der Waals surface area (Å²) in [6.07, 6.45) is 1.06. The van der Waals surface area contributed by atoms with Gasteiger partial charge < -0.3 is 0 Å². The van der Waals surface area contributed by atoms with Crippen molar-refractivity contribution in [1.29, 1.82) is 0 Å². The Kier molecular flexibility index (Phi) is 1.95. The largest absolute Gasteiger partial charge is 0.294 e. The molecule has 1 heteroatoms. The van der Waals surface area contributed by atoms with Crippen molar-refractivity contribution in [3.63, 3.8) is 0 Å². The highest BCUT2D eigenvalue weighted by Gasteiger charge is 2.34. The molecular weight excluding hydrogens is 160 g/mol. The van der Waals surface area contributed by atoms with Gasteiger partial charge in [-0.25, -0.2) is 0 Å². The van der Waals surface area contributed by atoms with Gasteiger partial charge in [-0.2, -0.15) is 0 Å². The maximum atomic E-state index is 11.8. The van der Waals surface area contributed by atoms with Crippen LogP contribution in [0.5, 0.6) is 0 Å². The molecule has 0 saturated heterocycles. The summed E-state index contributed by atoms with van der Waals surface area (Å²) in [5.74, 6) is 0.952. The first-order chi connectivity index (χ1) is 6.25. The fourth-order valence-electron chi connectivity index (χ4n) is 2.32. The van der Waals surface area contributed by atoms with Crippen LogP contribution in [0.2, 0.25) is 0 Å². The number of carbonyl (C=O) groups excluding carboxylic acids is 1. The van der Waals surface area contributed by atoms with Crippen LogP contribution < -0.4 is 0 Å². The van der Waals surface area contributed by atoms with Gasteiger partial charge >= 0.3 is 0 Å². The minimum Gasteiger partial charge on any atom is -0.294 e. The fraction of sp³-hybridized carbons (Fsp3) is 0.417. The molecule has 0 aromatic heterocycles. The number of carbonyl (C=O) groups is 1. The van der Waals surface area contributed by atoms with E-state index in [1.807, 2.05) is 25.1 Å². The molecule has 0 aliphatic heterocycles. The molecule has 0 radical (unpaired) electrons. The third-order valence-corrected chi connectivity index (χ3v) is 3.08. The number of ketones is 1. The summed E-state index contributed by atoms with van der Waals surface area (Å²) in [7, 11) is 0. The van der Waals surface area contributed by atoms with E-state index in [0.29, 0.717) is 11.7 Å². The van der Waals surface area contributed by atoms with Gasteiger partial charge in [-0.15, -0.1) is 0 Å². The number of hydrogen-bond acceptors (Lipinski definition) is 1. The second-order valence-electron chi connectivity index (χ2n) is 3.75. The van der Waals surface area contributed by atoms with Gasteiger partial charge in [-0.1, -0.05) is 38.1 Å². The summed E-state index contributed by atoms with van der Waals surface area (Å²) in [5.41, 5.74) is 2.20. The summed E-state index contributed by atoms with van der Waals surface area (Å²) in [4.78, 5) is 11.8. The third-order valence-electron chi connectivity index (χ3n) is 3.08. The van der Waals surface area contributed by atoms with Gasteiger partial charge in [-0.3, -0.25) is 4.79 Å². The third kappa shape index (κ3) is 1.11. The molecule has 0 heterocycles. The highest BCUT2D eigenvalue weighted by atomic mass is 16.1. The van der Waals surface area contributed by atoms with Crippen LogP contribution in [-0.4, -0.2) is 5.78 Å². The maximum Gasteiger partial charge on any atom is 0.166 e. The van der Waals surface area contributed by atoms with E-state index in [4.69, 9.17) is 0 Å². The Morgan fingerprint density at radius 3 is 2.69 bits per heavy atom. The van der Waals surface area contributed by atoms with Crippen LogP contribution in [-0.2, 0) is 0 Å². The Bertz CT molecular complexity index is 341. The molecule has 0 amide bonds. The average molecular weight is 174 g/mol. The lowest BCUT2D eigenvalue weighted by atomic mass is 9.91. The fourth-order valence-corrected chi connectivity index (χ4v) is 2.32. The van der Waals surface area contributed by atoms with E-state index in [1.54, 1.807) is 0 Å². The zero-order valence-corrected chi connectivity index (χ0v) is 8.08. The number of benzene rings is 1. The standard InChI is InChI=1S/C12H14O/c1-3-9-8(2)12(13)11-7-5-4-6-10(9)11/h4-9H,3H2,1-2H3/t8-,9-/m0/s1. The smallest absolute Gasteiger partial charge is 0.166 e. The molecule has 1 aromatic rings. The molecule has 1 aromatic carbocycles. The second-order valence-corrected chi connectivity index (χ2v) is 3.75. The highest BCUT2D eigenvalue weighted by molar-refractivity contribution is 6.02. The summed E-state index contributed by atoms with van der Waals surface area (Å²) < 4.78 is 0. The van der Waals surface area contributed by atoms with Gasteiger partial charge in [-0.05, 0) is 17.9 Å². The monoisotopic (exact) mass is 174 g/mol. The lowest BCUT2D eigenvalue weighted by molar-refractivity contribution is 0.0933. The molecule has 1 nitrogen and oxygen atoms in total. The van der Waals surface area contributed by atoms with Crippen molar-refractivity contribution in [3.8, 4) is 0 Å². The Hall–Kier alpha value is -1.11. The number of rotatable bonds is 1. The van der Waals surface area contributed by atoms with Gasteiger partial charge in [0.25, 0.3) is 0 Å². The molecule has 2 atom stereocenters. The second kappa shape index (κ2) is 2.99. The van der Waals surface area contributed by atoms with Crippen molar-refractivity contribution >= 4 is 5.78 Å². The first kappa shape index (κ1) is 8.49.